The zero-order chi connectivity index (χ0) is 9.10. The van der Waals surface area contributed by atoms with Crippen molar-refractivity contribution in [2.45, 2.75) is 18.8 Å². The molecule has 0 unspecified atom stereocenters. The summed E-state index contributed by atoms with van der Waals surface area (Å²) in [4.78, 5) is 8.32. The minimum absolute atomic E-state index is 0.612. The fourth-order valence-electron chi connectivity index (χ4n) is 1.69. The van der Waals surface area contributed by atoms with E-state index in [4.69, 9.17) is 0 Å². The molecule has 1 saturated heterocycles. The van der Waals surface area contributed by atoms with Crippen LogP contribution in [0.2, 0.25) is 0 Å². The molecule has 0 radical (unpaired) electrons. The van der Waals surface area contributed by atoms with Gasteiger partial charge < -0.3 is 5.32 Å². The van der Waals surface area contributed by atoms with Crippen molar-refractivity contribution in [3.63, 3.8) is 0 Å². The summed E-state index contributed by atoms with van der Waals surface area (Å²) in [6, 6.07) is 2.02. The van der Waals surface area contributed by atoms with E-state index >= 15 is 0 Å². The summed E-state index contributed by atoms with van der Waals surface area (Å²) >= 11 is 3.36. The summed E-state index contributed by atoms with van der Waals surface area (Å²) in [7, 11) is 0. The molecule has 13 heavy (non-hydrogen) atoms. The molecule has 2 heterocycles. The Labute approximate surface area is 86.1 Å². The van der Waals surface area contributed by atoms with Crippen LogP contribution in [0.3, 0.4) is 0 Å². The van der Waals surface area contributed by atoms with Crippen molar-refractivity contribution in [1.82, 2.24) is 15.3 Å². The van der Waals surface area contributed by atoms with E-state index < -0.39 is 0 Å². The third-order valence-electron chi connectivity index (χ3n) is 2.41. The second-order valence-electron chi connectivity index (χ2n) is 3.29. The van der Waals surface area contributed by atoms with Crippen molar-refractivity contribution in [2.75, 3.05) is 13.1 Å². The number of hydrogen-bond acceptors (Lipinski definition) is 3. The Bertz CT molecular complexity index is 284. The number of nitrogens with one attached hydrogen (secondary N) is 1. The lowest BCUT2D eigenvalue weighted by Crippen LogP contribution is -2.27. The van der Waals surface area contributed by atoms with E-state index in [1.807, 2.05) is 6.07 Å². The Kier molecular flexibility index (Phi) is 2.90. The molecule has 0 atom stereocenters. The van der Waals surface area contributed by atoms with E-state index in [1.54, 1.807) is 6.33 Å². The third kappa shape index (κ3) is 2.25. The van der Waals surface area contributed by atoms with Crippen molar-refractivity contribution in [3.05, 3.63) is 22.7 Å². The van der Waals surface area contributed by atoms with E-state index in [0.717, 1.165) is 17.7 Å². The maximum Gasteiger partial charge on any atom is 0.116 e. The topological polar surface area (TPSA) is 37.8 Å². The van der Waals surface area contributed by atoms with Crippen LogP contribution in [-0.2, 0) is 0 Å². The molecule has 0 aliphatic carbocycles. The van der Waals surface area contributed by atoms with Crippen molar-refractivity contribution in [3.8, 4) is 0 Å². The molecule has 1 aromatic rings. The van der Waals surface area contributed by atoms with Crippen LogP contribution in [0.5, 0.6) is 0 Å². The van der Waals surface area contributed by atoms with Crippen molar-refractivity contribution >= 4 is 15.9 Å². The molecule has 2 rings (SSSR count). The summed E-state index contributed by atoms with van der Waals surface area (Å²) in [5.74, 6) is 0.612. The first-order valence-electron chi connectivity index (χ1n) is 4.54. The molecule has 0 bridgehead atoms. The monoisotopic (exact) mass is 241 g/mol. The van der Waals surface area contributed by atoms with Gasteiger partial charge in [-0.1, -0.05) is 0 Å². The largest absolute Gasteiger partial charge is 0.317 e. The highest BCUT2D eigenvalue weighted by Gasteiger charge is 2.16. The molecule has 1 N–H and O–H groups in total. The van der Waals surface area contributed by atoms with Gasteiger partial charge in [-0.25, -0.2) is 9.97 Å². The Morgan fingerprint density at radius 1 is 1.31 bits per heavy atom. The summed E-state index contributed by atoms with van der Waals surface area (Å²) < 4.78 is 0.885. The van der Waals surface area contributed by atoms with Crippen molar-refractivity contribution < 1.29 is 0 Å². The van der Waals surface area contributed by atoms with Crippen molar-refractivity contribution in [1.29, 1.82) is 0 Å². The van der Waals surface area contributed by atoms with E-state index in [-0.39, 0.29) is 0 Å². The molecule has 0 amide bonds. The molecule has 3 nitrogen and oxygen atoms in total. The highest BCUT2D eigenvalue weighted by Crippen LogP contribution is 2.24. The maximum atomic E-state index is 4.29. The van der Waals surface area contributed by atoms with Gasteiger partial charge in [-0.3, -0.25) is 0 Å². The molecule has 1 fully saturated rings. The molecule has 0 saturated carbocycles. The Morgan fingerprint density at radius 3 is 2.77 bits per heavy atom. The fraction of sp³-hybridized carbons (Fsp3) is 0.556. The number of rotatable bonds is 1. The Balaban J connectivity index is 2.14. The van der Waals surface area contributed by atoms with Gasteiger partial charge in [0, 0.05) is 11.6 Å². The van der Waals surface area contributed by atoms with Gasteiger partial charge in [-0.05, 0) is 47.9 Å². The first-order valence-corrected chi connectivity index (χ1v) is 5.34. The van der Waals surface area contributed by atoms with Gasteiger partial charge in [0.2, 0.25) is 0 Å². The molecular weight excluding hydrogens is 230 g/mol. The van der Waals surface area contributed by atoms with Crippen LogP contribution in [0.25, 0.3) is 0 Å². The van der Waals surface area contributed by atoms with Crippen LogP contribution in [-0.4, -0.2) is 23.1 Å². The highest BCUT2D eigenvalue weighted by molar-refractivity contribution is 9.10. The zero-order valence-corrected chi connectivity index (χ0v) is 8.92. The number of hydrogen-bond donors (Lipinski definition) is 1. The Hall–Kier alpha value is -0.480. The van der Waals surface area contributed by atoms with Crippen LogP contribution in [0, 0.1) is 0 Å². The number of nitrogens with zero attached hydrogens (tertiary/aromatic N) is 2. The average molecular weight is 242 g/mol. The number of aromatic nitrogens is 2. The lowest BCUT2D eigenvalue weighted by molar-refractivity contribution is 0.452. The van der Waals surface area contributed by atoms with E-state index in [2.05, 4.69) is 31.2 Å². The first kappa shape index (κ1) is 9.09. The standard InChI is InChI=1S/C9H12BrN3/c10-9-5-8(12-6-13-9)7-1-3-11-4-2-7/h5-7,11H,1-4H2. The van der Waals surface area contributed by atoms with E-state index in [1.165, 1.54) is 18.5 Å². The summed E-state index contributed by atoms with van der Waals surface area (Å²) in [6.07, 6.45) is 3.99. The molecule has 1 aliphatic rings. The van der Waals surface area contributed by atoms with Gasteiger partial charge in [0.25, 0.3) is 0 Å². The lowest BCUT2D eigenvalue weighted by atomic mass is 9.95. The summed E-state index contributed by atoms with van der Waals surface area (Å²) in [6.45, 7) is 2.21. The second kappa shape index (κ2) is 4.15. The molecule has 1 aromatic heterocycles. The van der Waals surface area contributed by atoms with Crippen LogP contribution in [0.15, 0.2) is 17.0 Å². The lowest BCUT2D eigenvalue weighted by Gasteiger charge is -2.21. The van der Waals surface area contributed by atoms with Crippen molar-refractivity contribution in [2.24, 2.45) is 0 Å². The van der Waals surface area contributed by atoms with Gasteiger partial charge in [-0.15, -0.1) is 0 Å². The smallest absolute Gasteiger partial charge is 0.116 e. The molecule has 0 spiro atoms. The predicted molar refractivity (Wildman–Crippen MR) is 54.6 cm³/mol. The first-order chi connectivity index (χ1) is 6.36. The molecule has 1 aliphatic heterocycles. The molecule has 70 valence electrons. The number of piperidine rings is 1. The van der Waals surface area contributed by atoms with E-state index in [9.17, 15) is 0 Å². The minimum Gasteiger partial charge on any atom is -0.317 e. The predicted octanol–water partition coefficient (Wildman–Crippen LogP) is 1.71. The van der Waals surface area contributed by atoms with E-state index in [0.29, 0.717) is 5.92 Å². The van der Waals surface area contributed by atoms with Crippen LogP contribution in [0.1, 0.15) is 24.5 Å². The molecule has 0 aromatic carbocycles. The molecular formula is C9H12BrN3. The van der Waals surface area contributed by atoms with Gasteiger partial charge >= 0.3 is 0 Å². The van der Waals surface area contributed by atoms with Crippen LogP contribution in [0.4, 0.5) is 0 Å². The second-order valence-corrected chi connectivity index (χ2v) is 4.10. The van der Waals surface area contributed by atoms with Gasteiger partial charge in [0.15, 0.2) is 0 Å². The SMILES string of the molecule is Brc1cc(C2CCNCC2)ncn1. The summed E-state index contributed by atoms with van der Waals surface area (Å²) in [5.41, 5.74) is 1.17. The quantitative estimate of drug-likeness (QED) is 0.762. The molecule has 4 heteroatoms. The highest BCUT2D eigenvalue weighted by atomic mass is 79.9. The fourth-order valence-corrected chi connectivity index (χ4v) is 2.01. The average Bonchev–Trinajstić information content (AvgIpc) is 2.19. The summed E-state index contributed by atoms with van der Waals surface area (Å²) in [5, 5.41) is 3.34. The normalized spacial score (nSPS) is 18.8. The zero-order valence-electron chi connectivity index (χ0n) is 7.33. The van der Waals surface area contributed by atoms with Crippen LogP contribution < -0.4 is 5.32 Å². The van der Waals surface area contributed by atoms with Gasteiger partial charge in [0.05, 0.1) is 0 Å². The number of halogens is 1. The third-order valence-corrected chi connectivity index (χ3v) is 2.85. The maximum absolute atomic E-state index is 4.29. The minimum atomic E-state index is 0.612. The van der Waals surface area contributed by atoms with Gasteiger partial charge in [0.1, 0.15) is 10.9 Å². The Morgan fingerprint density at radius 2 is 2.08 bits per heavy atom. The van der Waals surface area contributed by atoms with Crippen LogP contribution >= 0.6 is 15.9 Å². The van der Waals surface area contributed by atoms with Gasteiger partial charge in [-0.2, -0.15) is 0 Å².